The number of nitrogens with zero attached hydrogens (tertiary/aromatic N) is 3. The van der Waals surface area contributed by atoms with Crippen LogP contribution in [0.5, 0.6) is 0 Å². The van der Waals surface area contributed by atoms with E-state index in [1.54, 1.807) is 17.4 Å². The van der Waals surface area contributed by atoms with Crippen molar-refractivity contribution < 1.29 is 14.3 Å². The number of aromatic nitrogens is 1. The third-order valence-corrected chi connectivity index (χ3v) is 8.49. The number of benzene rings is 1. The smallest absolute Gasteiger partial charge is 0.276 e. The summed E-state index contributed by atoms with van der Waals surface area (Å²) in [5, 5.41) is 0. The fourth-order valence-electron chi connectivity index (χ4n) is 5.35. The number of thiophene rings is 1. The van der Waals surface area contributed by atoms with Gasteiger partial charge in [-0.25, -0.2) is 4.98 Å². The van der Waals surface area contributed by atoms with Gasteiger partial charge in [-0.1, -0.05) is 24.3 Å². The van der Waals surface area contributed by atoms with Crippen LogP contribution in [0, 0.1) is 5.92 Å². The number of ketones is 1. The third kappa shape index (κ3) is 4.58. The second-order valence-electron chi connectivity index (χ2n) is 10.3. The molecule has 2 fully saturated rings. The number of amides is 1. The highest BCUT2D eigenvalue weighted by Gasteiger charge is 2.30. The van der Waals surface area contributed by atoms with Gasteiger partial charge in [0.05, 0.1) is 22.8 Å². The lowest BCUT2D eigenvalue weighted by Crippen LogP contribution is -2.46. The fourth-order valence-corrected chi connectivity index (χ4v) is 6.54. The molecule has 36 heavy (non-hydrogen) atoms. The van der Waals surface area contributed by atoms with Crippen molar-refractivity contribution in [2.24, 2.45) is 5.92 Å². The Morgan fingerprint density at radius 1 is 1.06 bits per heavy atom. The van der Waals surface area contributed by atoms with Gasteiger partial charge in [-0.2, -0.15) is 0 Å². The summed E-state index contributed by atoms with van der Waals surface area (Å²) in [6.07, 6.45) is 3.96. The van der Waals surface area contributed by atoms with E-state index >= 15 is 0 Å². The largest absolute Gasteiger partial charge is 0.372 e. The molecule has 1 saturated heterocycles. The van der Waals surface area contributed by atoms with Crippen LogP contribution in [0.1, 0.15) is 58.8 Å². The first-order valence-corrected chi connectivity index (χ1v) is 13.7. The molecule has 1 aromatic carbocycles. The maximum absolute atomic E-state index is 13.8. The van der Waals surface area contributed by atoms with Crippen molar-refractivity contribution in [3.8, 4) is 10.4 Å². The van der Waals surface area contributed by atoms with Crippen LogP contribution in [0.2, 0.25) is 0 Å². The van der Waals surface area contributed by atoms with Gasteiger partial charge in [-0.3, -0.25) is 9.59 Å². The standard InChI is InChI=1S/C29H31N3O3S/c1-18-16-31(17-19(2)35-18)27-9-5-7-23(30-27)29(34)32-13-12-21-15-26(25(33)14-20-10-11-20)36-28(21)22-6-3-4-8-24(22)32/h3-9,15,18-20H,10-14,16-17H2,1-2H3. The highest BCUT2D eigenvalue weighted by atomic mass is 32.1. The molecule has 0 radical (unpaired) electrons. The van der Waals surface area contributed by atoms with Gasteiger partial charge in [0.1, 0.15) is 11.5 Å². The van der Waals surface area contributed by atoms with Crippen molar-refractivity contribution in [1.29, 1.82) is 0 Å². The molecular formula is C29H31N3O3S. The molecule has 6 rings (SSSR count). The van der Waals surface area contributed by atoms with Crippen LogP contribution in [-0.2, 0) is 11.2 Å². The Labute approximate surface area is 215 Å². The van der Waals surface area contributed by atoms with Crippen LogP contribution >= 0.6 is 11.3 Å². The molecule has 2 atom stereocenters. The minimum Gasteiger partial charge on any atom is -0.372 e. The normalized spacial score (nSPS) is 21.5. The van der Waals surface area contributed by atoms with Gasteiger partial charge < -0.3 is 14.5 Å². The van der Waals surface area contributed by atoms with Crippen molar-refractivity contribution >= 4 is 34.5 Å². The summed E-state index contributed by atoms with van der Waals surface area (Å²) >= 11 is 1.58. The van der Waals surface area contributed by atoms with E-state index in [4.69, 9.17) is 9.72 Å². The van der Waals surface area contributed by atoms with E-state index in [1.165, 1.54) is 12.8 Å². The minimum atomic E-state index is -0.0983. The lowest BCUT2D eigenvalue weighted by Gasteiger charge is -2.36. The Morgan fingerprint density at radius 2 is 1.83 bits per heavy atom. The Morgan fingerprint density at radius 3 is 2.61 bits per heavy atom. The molecule has 0 bridgehead atoms. The number of fused-ring (bicyclic) bond motifs is 3. The predicted molar refractivity (Wildman–Crippen MR) is 143 cm³/mol. The molecule has 0 spiro atoms. The fraction of sp³-hybridized carbons (Fsp3) is 0.414. The van der Waals surface area contributed by atoms with Gasteiger partial charge in [0.25, 0.3) is 5.91 Å². The van der Waals surface area contributed by atoms with Gasteiger partial charge in [0.2, 0.25) is 0 Å². The first-order chi connectivity index (χ1) is 17.5. The van der Waals surface area contributed by atoms with Crippen LogP contribution in [0.4, 0.5) is 11.5 Å². The zero-order chi connectivity index (χ0) is 24.8. The Kier molecular flexibility index (Phi) is 6.13. The van der Waals surface area contributed by atoms with E-state index in [9.17, 15) is 9.59 Å². The average Bonchev–Trinajstić information content (AvgIpc) is 3.62. The molecule has 2 aliphatic heterocycles. The van der Waals surface area contributed by atoms with E-state index in [1.807, 2.05) is 35.2 Å². The molecule has 1 saturated carbocycles. The zero-order valence-corrected chi connectivity index (χ0v) is 21.6. The maximum Gasteiger partial charge on any atom is 0.276 e. The van der Waals surface area contributed by atoms with Crippen LogP contribution in [0.25, 0.3) is 10.4 Å². The molecule has 186 valence electrons. The minimum absolute atomic E-state index is 0.0983. The molecule has 3 aliphatic rings. The summed E-state index contributed by atoms with van der Waals surface area (Å²) in [5.74, 6) is 1.54. The maximum atomic E-state index is 13.8. The first kappa shape index (κ1) is 23.4. The molecule has 3 aromatic rings. The highest BCUT2D eigenvalue weighted by molar-refractivity contribution is 7.17. The number of pyridine rings is 1. The van der Waals surface area contributed by atoms with Gasteiger partial charge in [0.15, 0.2) is 5.78 Å². The van der Waals surface area contributed by atoms with Crippen molar-refractivity contribution in [3.63, 3.8) is 0 Å². The molecule has 0 N–H and O–H groups in total. The van der Waals surface area contributed by atoms with Crippen molar-refractivity contribution in [2.75, 3.05) is 29.4 Å². The number of carbonyl (C=O) groups excluding carboxylic acids is 2. The van der Waals surface area contributed by atoms with E-state index in [2.05, 4.69) is 30.9 Å². The molecule has 4 heterocycles. The number of carbonyl (C=O) groups is 2. The van der Waals surface area contributed by atoms with Crippen molar-refractivity contribution in [3.05, 3.63) is 64.7 Å². The Balaban J connectivity index is 1.29. The second-order valence-corrected chi connectivity index (χ2v) is 11.4. The second kappa shape index (κ2) is 9.45. The van der Waals surface area contributed by atoms with Crippen LogP contribution < -0.4 is 9.80 Å². The topological polar surface area (TPSA) is 62.7 Å². The predicted octanol–water partition coefficient (Wildman–Crippen LogP) is 5.61. The molecule has 2 aromatic heterocycles. The van der Waals surface area contributed by atoms with Gasteiger partial charge >= 0.3 is 0 Å². The monoisotopic (exact) mass is 501 g/mol. The quantitative estimate of drug-likeness (QED) is 0.425. The van der Waals surface area contributed by atoms with E-state index < -0.39 is 0 Å². The van der Waals surface area contributed by atoms with Crippen molar-refractivity contribution in [1.82, 2.24) is 4.98 Å². The molecule has 7 heteroatoms. The molecule has 1 aliphatic carbocycles. The molecule has 1 amide bonds. The van der Waals surface area contributed by atoms with E-state index in [0.29, 0.717) is 31.0 Å². The summed E-state index contributed by atoms with van der Waals surface area (Å²) in [6.45, 7) is 6.19. The first-order valence-electron chi connectivity index (χ1n) is 12.9. The number of Topliss-reactive ketones (excluding diaryl/α,β-unsaturated/α-hetero) is 1. The van der Waals surface area contributed by atoms with Crippen LogP contribution in [0.15, 0.2) is 48.5 Å². The highest BCUT2D eigenvalue weighted by Crippen LogP contribution is 2.43. The number of hydrogen-bond acceptors (Lipinski definition) is 6. The van der Waals surface area contributed by atoms with E-state index in [-0.39, 0.29) is 23.9 Å². The van der Waals surface area contributed by atoms with Crippen molar-refractivity contribution in [2.45, 2.75) is 51.7 Å². The number of rotatable bonds is 5. The number of ether oxygens (including phenoxy) is 1. The number of para-hydroxylation sites is 1. The average molecular weight is 502 g/mol. The van der Waals surface area contributed by atoms with Gasteiger partial charge in [-0.15, -0.1) is 11.3 Å². The summed E-state index contributed by atoms with van der Waals surface area (Å²) in [5.41, 5.74) is 3.49. The molecular weight excluding hydrogens is 470 g/mol. The lowest BCUT2D eigenvalue weighted by atomic mass is 10.1. The number of hydrogen-bond donors (Lipinski definition) is 0. The lowest BCUT2D eigenvalue weighted by molar-refractivity contribution is -0.00546. The third-order valence-electron chi connectivity index (χ3n) is 7.24. The van der Waals surface area contributed by atoms with Gasteiger partial charge in [0, 0.05) is 36.5 Å². The van der Waals surface area contributed by atoms with Gasteiger partial charge in [-0.05, 0) is 68.9 Å². The molecule has 6 nitrogen and oxygen atoms in total. The number of anilines is 2. The summed E-state index contributed by atoms with van der Waals surface area (Å²) < 4.78 is 5.87. The van der Waals surface area contributed by atoms with E-state index in [0.717, 1.165) is 45.5 Å². The summed E-state index contributed by atoms with van der Waals surface area (Å²) in [4.78, 5) is 37.4. The SMILES string of the molecule is CC1CN(c2cccc(C(=O)N3CCc4cc(C(=O)CC5CC5)sc4-c4ccccc43)n2)CC(C)O1. The van der Waals surface area contributed by atoms with Crippen LogP contribution in [-0.4, -0.2) is 48.5 Å². The molecule has 2 unspecified atom stereocenters. The Bertz CT molecular complexity index is 1300. The number of morpholine rings is 1. The summed E-state index contributed by atoms with van der Waals surface area (Å²) in [7, 11) is 0. The Hall–Kier alpha value is -3.03. The summed E-state index contributed by atoms with van der Waals surface area (Å²) in [6, 6.07) is 15.8. The zero-order valence-electron chi connectivity index (χ0n) is 20.8. The van der Waals surface area contributed by atoms with Crippen LogP contribution in [0.3, 0.4) is 0 Å².